The predicted octanol–water partition coefficient (Wildman–Crippen LogP) is 3.75. The van der Waals surface area contributed by atoms with Crippen LogP contribution in [-0.2, 0) is 10.3 Å². The van der Waals surface area contributed by atoms with Gasteiger partial charge in [0.15, 0.2) is 0 Å². The SMILES string of the molecule is COCC(C)(C)CNC(=O)c1cnc(Nc2ccc3c(c2)C(C)(C)NC3=O)nc1N[C@H](CO)c1ccccc1. The van der Waals surface area contributed by atoms with E-state index in [1.807, 2.05) is 64.1 Å². The van der Waals surface area contributed by atoms with Gasteiger partial charge in [0.05, 0.1) is 24.8 Å². The van der Waals surface area contributed by atoms with E-state index in [-0.39, 0.29) is 41.2 Å². The van der Waals surface area contributed by atoms with Gasteiger partial charge in [-0.3, -0.25) is 9.59 Å². The maximum absolute atomic E-state index is 13.2. The largest absolute Gasteiger partial charge is 0.394 e. The number of aliphatic hydroxyl groups excluding tert-OH is 1. The standard InChI is InChI=1S/C29H36N6O4/c1-28(2,17-39-5)16-31-25(37)21-14-30-27(34-24(21)33-23(15-36)18-9-7-6-8-10-18)32-19-11-12-20-22(13-19)29(3,4)35-26(20)38/h6-14,23,36H,15-17H2,1-5H3,(H,31,37)(H,35,38)(H2,30,32,33,34)/t23-/m1/s1. The molecule has 39 heavy (non-hydrogen) atoms. The first-order valence-corrected chi connectivity index (χ1v) is 12.8. The van der Waals surface area contributed by atoms with Crippen LogP contribution in [0.15, 0.2) is 54.7 Å². The maximum atomic E-state index is 13.2. The molecule has 1 aliphatic heterocycles. The summed E-state index contributed by atoms with van der Waals surface area (Å²) in [6.45, 7) is 8.54. The van der Waals surface area contributed by atoms with E-state index in [1.165, 1.54) is 6.20 Å². The highest BCUT2D eigenvalue weighted by atomic mass is 16.5. The molecule has 4 rings (SSSR count). The van der Waals surface area contributed by atoms with Crippen molar-refractivity contribution in [2.24, 2.45) is 5.41 Å². The minimum Gasteiger partial charge on any atom is -0.394 e. The van der Waals surface area contributed by atoms with E-state index in [0.29, 0.717) is 24.4 Å². The summed E-state index contributed by atoms with van der Waals surface area (Å²) in [6, 6.07) is 14.4. The third-order valence-electron chi connectivity index (χ3n) is 6.61. The minimum atomic E-state index is -0.500. The second-order valence-electron chi connectivity index (χ2n) is 11.0. The molecule has 1 atom stereocenters. The number of hydrogen-bond acceptors (Lipinski definition) is 8. The Morgan fingerprint density at radius 2 is 1.92 bits per heavy atom. The zero-order valence-electron chi connectivity index (χ0n) is 23.0. The van der Waals surface area contributed by atoms with Crippen molar-refractivity contribution in [2.45, 2.75) is 39.3 Å². The van der Waals surface area contributed by atoms with E-state index in [0.717, 1.165) is 11.1 Å². The Labute approximate surface area is 228 Å². The number of aliphatic hydroxyl groups is 1. The number of carbonyl (C=O) groups is 2. The van der Waals surface area contributed by atoms with E-state index in [9.17, 15) is 14.7 Å². The molecule has 0 radical (unpaired) electrons. The first-order valence-electron chi connectivity index (χ1n) is 12.8. The third kappa shape index (κ3) is 6.52. The molecule has 10 heteroatoms. The zero-order valence-corrected chi connectivity index (χ0v) is 23.0. The fraction of sp³-hybridized carbons (Fsp3) is 0.379. The number of rotatable bonds is 11. The third-order valence-corrected chi connectivity index (χ3v) is 6.61. The van der Waals surface area contributed by atoms with E-state index >= 15 is 0 Å². The van der Waals surface area contributed by atoms with Gasteiger partial charge in [-0.25, -0.2) is 4.98 Å². The lowest BCUT2D eigenvalue weighted by Crippen LogP contribution is -2.37. The average molecular weight is 533 g/mol. The summed E-state index contributed by atoms with van der Waals surface area (Å²) < 4.78 is 5.26. The Balaban J connectivity index is 1.64. The molecule has 0 spiro atoms. The van der Waals surface area contributed by atoms with Crippen molar-refractivity contribution in [3.63, 3.8) is 0 Å². The predicted molar refractivity (Wildman–Crippen MR) is 150 cm³/mol. The van der Waals surface area contributed by atoms with Gasteiger partial charge in [-0.1, -0.05) is 44.2 Å². The van der Waals surface area contributed by atoms with Crippen LogP contribution in [0.3, 0.4) is 0 Å². The van der Waals surface area contributed by atoms with Crippen LogP contribution in [-0.4, -0.2) is 53.8 Å². The molecule has 206 valence electrons. The fourth-order valence-corrected chi connectivity index (χ4v) is 4.54. The number of ether oxygens (including phenoxy) is 1. The first kappa shape index (κ1) is 28.0. The van der Waals surface area contributed by atoms with Crippen molar-refractivity contribution in [2.75, 3.05) is 37.5 Å². The van der Waals surface area contributed by atoms with Crippen molar-refractivity contribution in [1.29, 1.82) is 0 Å². The van der Waals surface area contributed by atoms with Crippen LogP contribution in [0.2, 0.25) is 0 Å². The molecule has 0 aliphatic carbocycles. The van der Waals surface area contributed by atoms with Gasteiger partial charge in [-0.05, 0) is 43.2 Å². The number of hydrogen-bond donors (Lipinski definition) is 5. The van der Waals surface area contributed by atoms with E-state index in [4.69, 9.17) is 4.74 Å². The summed E-state index contributed by atoms with van der Waals surface area (Å²) in [4.78, 5) is 34.5. The highest BCUT2D eigenvalue weighted by Crippen LogP contribution is 2.33. The molecular weight excluding hydrogens is 496 g/mol. The van der Waals surface area contributed by atoms with Crippen molar-refractivity contribution >= 4 is 29.3 Å². The zero-order chi connectivity index (χ0) is 28.2. The van der Waals surface area contributed by atoms with Gasteiger partial charge < -0.3 is 31.1 Å². The van der Waals surface area contributed by atoms with Gasteiger partial charge >= 0.3 is 0 Å². The monoisotopic (exact) mass is 532 g/mol. The van der Waals surface area contributed by atoms with Gasteiger partial charge in [-0.2, -0.15) is 4.98 Å². The number of nitrogens with one attached hydrogen (secondary N) is 4. The van der Waals surface area contributed by atoms with Crippen molar-refractivity contribution in [1.82, 2.24) is 20.6 Å². The van der Waals surface area contributed by atoms with E-state index in [1.54, 1.807) is 19.2 Å². The van der Waals surface area contributed by atoms with Gasteiger partial charge in [-0.15, -0.1) is 0 Å². The number of nitrogens with zero attached hydrogens (tertiary/aromatic N) is 2. The Kier molecular flexibility index (Phi) is 8.17. The van der Waals surface area contributed by atoms with Crippen LogP contribution in [0, 0.1) is 5.41 Å². The van der Waals surface area contributed by atoms with Gasteiger partial charge in [0.1, 0.15) is 11.4 Å². The molecule has 0 saturated carbocycles. The number of benzene rings is 2. The second kappa shape index (κ2) is 11.4. The summed E-state index contributed by atoms with van der Waals surface area (Å²) in [7, 11) is 1.63. The number of anilines is 3. The van der Waals surface area contributed by atoms with Crippen molar-refractivity contribution < 1.29 is 19.4 Å². The molecule has 3 aromatic rings. The Morgan fingerprint density at radius 3 is 2.62 bits per heavy atom. The average Bonchev–Trinajstić information content (AvgIpc) is 3.13. The molecule has 0 saturated heterocycles. The number of aromatic nitrogens is 2. The number of carbonyl (C=O) groups excluding carboxylic acids is 2. The molecule has 2 heterocycles. The smallest absolute Gasteiger partial charge is 0.256 e. The normalized spacial score (nSPS) is 14.8. The van der Waals surface area contributed by atoms with Crippen molar-refractivity contribution in [3.8, 4) is 0 Å². The molecule has 1 aliphatic rings. The lowest BCUT2D eigenvalue weighted by molar-refractivity contribution is 0.0846. The van der Waals surface area contributed by atoms with Crippen molar-refractivity contribution in [3.05, 3.63) is 77.0 Å². The van der Waals surface area contributed by atoms with Gasteiger partial charge in [0, 0.05) is 36.5 Å². The lowest BCUT2D eigenvalue weighted by atomic mass is 9.94. The summed E-state index contributed by atoms with van der Waals surface area (Å²) in [6.07, 6.45) is 1.46. The Bertz CT molecular complexity index is 1340. The van der Waals surface area contributed by atoms with Gasteiger partial charge in [0.25, 0.3) is 11.8 Å². The van der Waals surface area contributed by atoms with Crippen LogP contribution >= 0.6 is 0 Å². The highest BCUT2D eigenvalue weighted by molar-refractivity contribution is 6.00. The molecule has 10 nitrogen and oxygen atoms in total. The lowest BCUT2D eigenvalue weighted by Gasteiger charge is -2.24. The van der Waals surface area contributed by atoms with Crippen LogP contribution in [0.4, 0.5) is 17.5 Å². The van der Waals surface area contributed by atoms with Crippen LogP contribution in [0.5, 0.6) is 0 Å². The molecule has 2 aromatic carbocycles. The van der Waals surface area contributed by atoms with Crippen LogP contribution in [0.1, 0.15) is 65.6 Å². The molecule has 5 N–H and O–H groups in total. The number of amides is 2. The van der Waals surface area contributed by atoms with Crippen LogP contribution in [0.25, 0.3) is 0 Å². The van der Waals surface area contributed by atoms with E-state index in [2.05, 4.69) is 31.2 Å². The number of methoxy groups -OCH3 is 1. The Hall–Kier alpha value is -4.02. The molecule has 0 bridgehead atoms. The van der Waals surface area contributed by atoms with Gasteiger partial charge in [0.2, 0.25) is 5.95 Å². The maximum Gasteiger partial charge on any atom is 0.256 e. The summed E-state index contributed by atoms with van der Waals surface area (Å²) in [5.41, 5.74) is 2.52. The summed E-state index contributed by atoms with van der Waals surface area (Å²) >= 11 is 0. The summed E-state index contributed by atoms with van der Waals surface area (Å²) in [5, 5.41) is 22.5. The van der Waals surface area contributed by atoms with E-state index < -0.39 is 11.6 Å². The Morgan fingerprint density at radius 1 is 1.18 bits per heavy atom. The van der Waals surface area contributed by atoms with Crippen LogP contribution < -0.4 is 21.3 Å². The first-order chi connectivity index (χ1) is 18.5. The topological polar surface area (TPSA) is 138 Å². The summed E-state index contributed by atoms with van der Waals surface area (Å²) in [5.74, 6) is 0.0791. The fourth-order valence-electron chi connectivity index (χ4n) is 4.54. The number of fused-ring (bicyclic) bond motifs is 1. The molecular formula is C29H36N6O4. The molecule has 0 unspecified atom stereocenters. The second-order valence-corrected chi connectivity index (χ2v) is 11.0. The quantitative estimate of drug-likeness (QED) is 0.252. The molecule has 2 amide bonds. The molecule has 0 fully saturated rings. The molecule has 1 aromatic heterocycles. The minimum absolute atomic E-state index is 0.107. The highest BCUT2D eigenvalue weighted by Gasteiger charge is 2.35.